The minimum Gasteiger partial charge on any atom is -0.478 e. The quantitative estimate of drug-likeness (QED) is 0.838. The van der Waals surface area contributed by atoms with E-state index in [1.54, 1.807) is 18.3 Å². The monoisotopic (exact) mass is 347 g/mol. The van der Waals surface area contributed by atoms with Gasteiger partial charge in [-0.25, -0.2) is 14.5 Å². The highest BCUT2D eigenvalue weighted by Crippen LogP contribution is 2.48. The summed E-state index contributed by atoms with van der Waals surface area (Å²) < 4.78 is 7.39. The van der Waals surface area contributed by atoms with Crippen LogP contribution in [0.1, 0.15) is 36.0 Å². The maximum Gasteiger partial charge on any atom is 0.338 e. The van der Waals surface area contributed by atoms with Crippen LogP contribution in [0.15, 0.2) is 24.4 Å². The van der Waals surface area contributed by atoms with Crippen molar-refractivity contribution in [2.24, 2.45) is 17.8 Å². The van der Waals surface area contributed by atoms with Crippen LogP contribution in [-0.2, 0) is 0 Å². The zero-order valence-corrected chi connectivity index (χ0v) is 13.8. The zero-order chi connectivity index (χ0) is 16.7. The predicted octanol–water partition coefficient (Wildman–Crippen LogP) is 3.43. The van der Waals surface area contributed by atoms with E-state index in [1.165, 1.54) is 36.4 Å². The highest BCUT2D eigenvalue weighted by Gasteiger charge is 2.39. The van der Waals surface area contributed by atoms with Gasteiger partial charge in [0.05, 0.1) is 12.2 Å². The molecule has 2 heterocycles. The maximum absolute atomic E-state index is 11.0. The van der Waals surface area contributed by atoms with Gasteiger partial charge in [0.1, 0.15) is 5.15 Å². The first-order valence-electron chi connectivity index (χ1n) is 8.19. The van der Waals surface area contributed by atoms with Gasteiger partial charge in [-0.1, -0.05) is 18.0 Å². The number of aromatic nitrogens is 3. The van der Waals surface area contributed by atoms with Gasteiger partial charge < -0.3 is 9.84 Å². The number of ether oxygens (including phenoxy) is 1. The fourth-order valence-electron chi connectivity index (χ4n) is 4.00. The molecule has 24 heavy (non-hydrogen) atoms. The van der Waals surface area contributed by atoms with E-state index in [4.69, 9.17) is 21.4 Å². The Kier molecular flexibility index (Phi) is 3.92. The van der Waals surface area contributed by atoms with Crippen molar-refractivity contribution in [2.75, 3.05) is 6.61 Å². The summed E-state index contributed by atoms with van der Waals surface area (Å²) in [5.74, 6) is 2.28. The molecule has 0 amide bonds. The second-order valence-corrected chi connectivity index (χ2v) is 7.02. The molecule has 0 saturated heterocycles. The molecule has 2 saturated carbocycles. The molecule has 126 valence electrons. The van der Waals surface area contributed by atoms with Gasteiger partial charge in [-0.05, 0) is 49.1 Å². The average molecular weight is 348 g/mol. The molecular weight excluding hydrogens is 330 g/mol. The Balaban J connectivity index is 1.43. The molecule has 3 atom stereocenters. The molecule has 2 aromatic heterocycles. The lowest BCUT2D eigenvalue weighted by Gasteiger charge is -2.20. The fourth-order valence-corrected chi connectivity index (χ4v) is 4.23. The van der Waals surface area contributed by atoms with Crippen LogP contribution in [0.2, 0.25) is 5.15 Å². The fraction of sp³-hybridized carbons (Fsp3) is 0.471. The number of hydrogen-bond acceptors (Lipinski definition) is 4. The van der Waals surface area contributed by atoms with E-state index in [9.17, 15) is 4.79 Å². The number of halogens is 1. The van der Waals surface area contributed by atoms with Crippen LogP contribution in [0.5, 0.6) is 5.88 Å². The number of pyridine rings is 1. The topological polar surface area (TPSA) is 77.2 Å². The molecule has 2 fully saturated rings. The minimum atomic E-state index is -1.10. The number of carbonyl (C=O) groups is 1. The van der Waals surface area contributed by atoms with Gasteiger partial charge in [0, 0.05) is 12.3 Å². The Morgan fingerprint density at radius 2 is 2.21 bits per heavy atom. The summed E-state index contributed by atoms with van der Waals surface area (Å²) in [5.41, 5.74) is -0.0275. The van der Waals surface area contributed by atoms with Crippen molar-refractivity contribution in [3.05, 3.63) is 35.1 Å². The molecule has 4 rings (SSSR count). The number of fused-ring (bicyclic) bond motifs is 2. The predicted molar refractivity (Wildman–Crippen MR) is 87.8 cm³/mol. The molecule has 2 aliphatic carbocycles. The maximum atomic E-state index is 11.0. The number of nitrogens with zero attached hydrogens (tertiary/aromatic N) is 3. The summed E-state index contributed by atoms with van der Waals surface area (Å²) in [6.45, 7) is 0.713. The van der Waals surface area contributed by atoms with Crippen LogP contribution in [0, 0.1) is 17.8 Å². The third-order valence-electron chi connectivity index (χ3n) is 5.19. The number of aromatic carboxylic acids is 1. The van der Waals surface area contributed by atoms with Crippen LogP contribution in [0.4, 0.5) is 0 Å². The molecule has 0 radical (unpaired) electrons. The van der Waals surface area contributed by atoms with Crippen molar-refractivity contribution in [3.63, 3.8) is 0 Å². The largest absolute Gasteiger partial charge is 0.478 e. The Morgan fingerprint density at radius 3 is 2.88 bits per heavy atom. The minimum absolute atomic E-state index is 0.0275. The molecule has 6 nitrogen and oxygen atoms in total. The molecular formula is C17H18ClN3O3. The van der Waals surface area contributed by atoms with Crippen molar-refractivity contribution in [2.45, 2.75) is 25.7 Å². The molecule has 2 aliphatic rings. The lowest BCUT2D eigenvalue weighted by molar-refractivity contribution is 0.0696. The van der Waals surface area contributed by atoms with E-state index < -0.39 is 5.97 Å². The number of hydrogen-bond donors (Lipinski definition) is 1. The second kappa shape index (κ2) is 6.09. The van der Waals surface area contributed by atoms with Gasteiger partial charge >= 0.3 is 5.97 Å². The van der Waals surface area contributed by atoms with Crippen molar-refractivity contribution in [1.29, 1.82) is 0 Å². The van der Waals surface area contributed by atoms with Crippen molar-refractivity contribution >= 4 is 17.6 Å². The zero-order valence-electron chi connectivity index (χ0n) is 13.1. The van der Waals surface area contributed by atoms with Crippen LogP contribution in [-0.4, -0.2) is 32.4 Å². The summed E-state index contributed by atoms with van der Waals surface area (Å²) in [7, 11) is 0. The van der Waals surface area contributed by atoms with Crippen molar-refractivity contribution in [3.8, 4) is 11.7 Å². The SMILES string of the molecule is O=C(O)c1ccc(-n2ccc(OCC3CC4CC[C@@H]3C4)n2)nc1Cl. The van der Waals surface area contributed by atoms with Gasteiger partial charge in [0.15, 0.2) is 5.82 Å². The van der Waals surface area contributed by atoms with E-state index in [0.717, 1.165) is 11.8 Å². The van der Waals surface area contributed by atoms with Gasteiger partial charge in [-0.3, -0.25) is 0 Å². The summed E-state index contributed by atoms with van der Waals surface area (Å²) in [6.07, 6.45) is 7.09. The van der Waals surface area contributed by atoms with Gasteiger partial charge in [0.2, 0.25) is 5.88 Å². The van der Waals surface area contributed by atoms with Crippen molar-refractivity contribution in [1.82, 2.24) is 14.8 Å². The molecule has 2 unspecified atom stereocenters. The third-order valence-corrected chi connectivity index (χ3v) is 5.48. The highest BCUT2D eigenvalue weighted by atomic mass is 35.5. The Hall–Kier alpha value is -2.08. The van der Waals surface area contributed by atoms with Crippen LogP contribution in [0.3, 0.4) is 0 Å². The molecule has 2 aromatic rings. The van der Waals surface area contributed by atoms with Crippen LogP contribution >= 0.6 is 11.6 Å². The van der Waals surface area contributed by atoms with E-state index in [-0.39, 0.29) is 10.7 Å². The number of carboxylic acid groups (broad SMARTS) is 1. The molecule has 2 bridgehead atoms. The molecule has 0 aliphatic heterocycles. The smallest absolute Gasteiger partial charge is 0.338 e. The van der Waals surface area contributed by atoms with E-state index >= 15 is 0 Å². The summed E-state index contributed by atoms with van der Waals surface area (Å²) in [4.78, 5) is 15.0. The molecule has 0 spiro atoms. The molecule has 1 N–H and O–H groups in total. The van der Waals surface area contributed by atoms with Crippen LogP contribution < -0.4 is 4.74 Å². The van der Waals surface area contributed by atoms with E-state index in [0.29, 0.717) is 24.2 Å². The summed E-state index contributed by atoms with van der Waals surface area (Å²) in [6, 6.07) is 4.78. The van der Waals surface area contributed by atoms with E-state index in [2.05, 4.69) is 10.1 Å². The summed E-state index contributed by atoms with van der Waals surface area (Å²) in [5, 5.41) is 13.3. The van der Waals surface area contributed by atoms with Gasteiger partial charge in [-0.15, -0.1) is 5.10 Å². The Labute approximate surface area is 144 Å². The third kappa shape index (κ3) is 2.86. The standard InChI is InChI=1S/C17H18ClN3O3/c18-16-13(17(22)23)3-4-14(19-16)21-6-5-15(20-21)24-9-12-8-10-1-2-11(12)7-10/h3-6,10-12H,1-2,7-9H2,(H,22,23)/t10?,11-,12?/m1/s1. The number of rotatable bonds is 5. The van der Waals surface area contributed by atoms with E-state index in [1.807, 2.05) is 0 Å². The number of carboxylic acids is 1. The second-order valence-electron chi connectivity index (χ2n) is 6.66. The van der Waals surface area contributed by atoms with Gasteiger partial charge in [-0.2, -0.15) is 0 Å². The Morgan fingerprint density at radius 1 is 1.33 bits per heavy atom. The Bertz CT molecular complexity index is 776. The van der Waals surface area contributed by atoms with Crippen molar-refractivity contribution < 1.29 is 14.6 Å². The molecule has 0 aromatic carbocycles. The summed E-state index contributed by atoms with van der Waals surface area (Å²) >= 11 is 5.90. The lowest BCUT2D eigenvalue weighted by atomic mass is 9.90. The first-order chi connectivity index (χ1) is 11.6. The molecule has 7 heteroatoms. The first kappa shape index (κ1) is 15.4. The van der Waals surface area contributed by atoms with Gasteiger partial charge in [0.25, 0.3) is 0 Å². The van der Waals surface area contributed by atoms with Crippen LogP contribution in [0.25, 0.3) is 5.82 Å². The first-order valence-corrected chi connectivity index (χ1v) is 8.56. The average Bonchev–Trinajstić information content (AvgIpc) is 3.29. The lowest BCUT2D eigenvalue weighted by Crippen LogP contribution is -2.18. The normalized spacial score (nSPS) is 25.1. The highest BCUT2D eigenvalue weighted by molar-refractivity contribution is 6.32.